The molecule has 2 aromatic carbocycles. The van der Waals surface area contributed by atoms with Crippen LogP contribution in [0.5, 0.6) is 5.75 Å². The zero-order chi connectivity index (χ0) is 16.8. The van der Waals surface area contributed by atoms with Crippen LogP contribution in [0.2, 0.25) is 0 Å². The standard InChI is InChI=1S/C19H18FN3O/c1-23-9-15-17(10-23)22-19-12(4-3-5-13(19)18(15)21)14-8-11(24-2)6-7-16(14)20/h3-8H,9-10H2,1-2H3,(H2,21,22). The van der Waals surface area contributed by atoms with Crippen LogP contribution < -0.4 is 10.5 Å². The molecule has 122 valence electrons. The highest BCUT2D eigenvalue weighted by molar-refractivity contribution is 6.01. The van der Waals surface area contributed by atoms with Gasteiger partial charge in [0.2, 0.25) is 0 Å². The number of rotatable bonds is 2. The second kappa shape index (κ2) is 5.46. The van der Waals surface area contributed by atoms with Crippen molar-refractivity contribution in [1.82, 2.24) is 9.88 Å². The summed E-state index contributed by atoms with van der Waals surface area (Å²) < 4.78 is 19.7. The molecule has 5 heteroatoms. The molecular formula is C19H18FN3O. The SMILES string of the molecule is COc1ccc(F)c(-c2cccc3c(N)c4c(nc23)CN(C)C4)c1. The minimum absolute atomic E-state index is 0.304. The number of nitrogens with two attached hydrogens (primary N) is 1. The van der Waals surface area contributed by atoms with Gasteiger partial charge in [-0.1, -0.05) is 18.2 Å². The van der Waals surface area contributed by atoms with E-state index in [0.717, 1.165) is 46.5 Å². The minimum atomic E-state index is -0.304. The number of fused-ring (bicyclic) bond motifs is 2. The lowest BCUT2D eigenvalue weighted by molar-refractivity contribution is 0.351. The molecule has 3 aromatic rings. The number of para-hydroxylation sites is 1. The van der Waals surface area contributed by atoms with Gasteiger partial charge >= 0.3 is 0 Å². The molecule has 0 aliphatic carbocycles. The first-order chi connectivity index (χ1) is 11.6. The molecule has 4 nitrogen and oxygen atoms in total. The summed E-state index contributed by atoms with van der Waals surface area (Å²) in [7, 11) is 3.60. The van der Waals surface area contributed by atoms with E-state index in [-0.39, 0.29) is 5.82 Å². The Kier molecular flexibility index (Phi) is 3.39. The maximum absolute atomic E-state index is 14.4. The van der Waals surface area contributed by atoms with E-state index in [2.05, 4.69) is 4.90 Å². The zero-order valence-electron chi connectivity index (χ0n) is 13.6. The van der Waals surface area contributed by atoms with Gasteiger partial charge in [0.05, 0.1) is 18.3 Å². The van der Waals surface area contributed by atoms with E-state index in [0.29, 0.717) is 11.3 Å². The van der Waals surface area contributed by atoms with Gasteiger partial charge in [0, 0.05) is 40.9 Å². The number of halogens is 1. The van der Waals surface area contributed by atoms with Crippen LogP contribution in [-0.2, 0) is 13.1 Å². The molecular weight excluding hydrogens is 305 g/mol. The van der Waals surface area contributed by atoms with E-state index in [9.17, 15) is 4.39 Å². The van der Waals surface area contributed by atoms with Gasteiger partial charge in [0.1, 0.15) is 11.6 Å². The summed E-state index contributed by atoms with van der Waals surface area (Å²) in [5.41, 5.74) is 11.1. The molecule has 0 bridgehead atoms. The van der Waals surface area contributed by atoms with Gasteiger partial charge in [-0.2, -0.15) is 0 Å². The Bertz CT molecular complexity index is 955. The molecule has 0 radical (unpaired) electrons. The second-order valence-electron chi connectivity index (χ2n) is 6.17. The van der Waals surface area contributed by atoms with Crippen molar-refractivity contribution < 1.29 is 9.13 Å². The smallest absolute Gasteiger partial charge is 0.131 e. The van der Waals surface area contributed by atoms with Crippen LogP contribution in [0.25, 0.3) is 22.0 Å². The van der Waals surface area contributed by atoms with Crippen molar-refractivity contribution in [2.45, 2.75) is 13.1 Å². The van der Waals surface area contributed by atoms with Crippen LogP contribution in [-0.4, -0.2) is 24.0 Å². The van der Waals surface area contributed by atoms with Crippen LogP contribution in [0.3, 0.4) is 0 Å². The molecule has 1 aliphatic rings. The predicted octanol–water partition coefficient (Wildman–Crippen LogP) is 3.58. The maximum atomic E-state index is 14.4. The van der Waals surface area contributed by atoms with Crippen molar-refractivity contribution >= 4 is 16.6 Å². The van der Waals surface area contributed by atoms with Crippen molar-refractivity contribution in [3.8, 4) is 16.9 Å². The normalized spacial score (nSPS) is 14.1. The molecule has 0 atom stereocenters. The summed E-state index contributed by atoms with van der Waals surface area (Å²) in [6, 6.07) is 10.4. The van der Waals surface area contributed by atoms with Gasteiger partial charge in [-0.05, 0) is 25.2 Å². The fourth-order valence-corrected chi connectivity index (χ4v) is 3.35. The van der Waals surface area contributed by atoms with Crippen LogP contribution >= 0.6 is 0 Å². The number of hydrogen-bond donors (Lipinski definition) is 1. The number of methoxy groups -OCH3 is 1. The summed E-state index contributed by atoms with van der Waals surface area (Å²) in [6.07, 6.45) is 0. The Hall–Kier alpha value is -2.66. The second-order valence-corrected chi connectivity index (χ2v) is 6.17. The van der Waals surface area contributed by atoms with Gasteiger partial charge in [0.25, 0.3) is 0 Å². The highest BCUT2D eigenvalue weighted by Gasteiger charge is 2.23. The highest BCUT2D eigenvalue weighted by Crippen LogP contribution is 2.37. The summed E-state index contributed by atoms with van der Waals surface area (Å²) in [5.74, 6) is 0.304. The van der Waals surface area contributed by atoms with Crippen molar-refractivity contribution in [2.75, 3.05) is 19.9 Å². The van der Waals surface area contributed by atoms with Gasteiger partial charge in [-0.25, -0.2) is 4.39 Å². The Balaban J connectivity index is 2.01. The van der Waals surface area contributed by atoms with E-state index in [1.54, 1.807) is 19.2 Å². The average molecular weight is 323 g/mol. The third kappa shape index (κ3) is 2.20. The molecule has 0 spiro atoms. The maximum Gasteiger partial charge on any atom is 0.131 e. The molecule has 2 heterocycles. The van der Waals surface area contributed by atoms with Crippen LogP contribution in [0.15, 0.2) is 36.4 Å². The minimum Gasteiger partial charge on any atom is -0.497 e. The quantitative estimate of drug-likeness (QED) is 0.783. The number of nitrogens with zero attached hydrogens (tertiary/aromatic N) is 2. The van der Waals surface area contributed by atoms with E-state index in [1.165, 1.54) is 6.07 Å². The van der Waals surface area contributed by atoms with Crippen molar-refractivity contribution in [3.63, 3.8) is 0 Å². The zero-order valence-corrected chi connectivity index (χ0v) is 13.6. The Morgan fingerprint density at radius 3 is 2.79 bits per heavy atom. The van der Waals surface area contributed by atoms with Crippen molar-refractivity contribution in [3.05, 3.63) is 53.5 Å². The molecule has 0 fully saturated rings. The van der Waals surface area contributed by atoms with Gasteiger partial charge in [-0.15, -0.1) is 0 Å². The van der Waals surface area contributed by atoms with Gasteiger partial charge in [0.15, 0.2) is 0 Å². The van der Waals surface area contributed by atoms with Crippen LogP contribution in [0.4, 0.5) is 10.1 Å². The fraction of sp³-hybridized carbons (Fsp3) is 0.211. The van der Waals surface area contributed by atoms with E-state index in [1.807, 2.05) is 25.2 Å². The number of hydrogen-bond acceptors (Lipinski definition) is 4. The molecule has 0 unspecified atom stereocenters. The van der Waals surface area contributed by atoms with Crippen LogP contribution in [0.1, 0.15) is 11.3 Å². The monoisotopic (exact) mass is 323 g/mol. The Labute approximate surface area is 139 Å². The molecule has 0 saturated carbocycles. The number of ether oxygens (including phenoxy) is 1. The van der Waals surface area contributed by atoms with Crippen LogP contribution in [0, 0.1) is 5.82 Å². The Morgan fingerprint density at radius 2 is 2.00 bits per heavy atom. The third-order valence-corrected chi connectivity index (χ3v) is 4.56. The van der Waals surface area contributed by atoms with E-state index < -0.39 is 0 Å². The largest absolute Gasteiger partial charge is 0.497 e. The lowest BCUT2D eigenvalue weighted by Crippen LogP contribution is -2.08. The molecule has 0 saturated heterocycles. The van der Waals surface area contributed by atoms with E-state index in [4.69, 9.17) is 15.5 Å². The highest BCUT2D eigenvalue weighted by atomic mass is 19.1. The first kappa shape index (κ1) is 14.9. The first-order valence-corrected chi connectivity index (χ1v) is 7.81. The van der Waals surface area contributed by atoms with Crippen molar-refractivity contribution in [2.24, 2.45) is 0 Å². The number of aromatic nitrogens is 1. The van der Waals surface area contributed by atoms with Gasteiger partial charge in [-0.3, -0.25) is 9.88 Å². The lowest BCUT2D eigenvalue weighted by atomic mass is 9.98. The molecule has 1 aliphatic heterocycles. The summed E-state index contributed by atoms with van der Waals surface area (Å²) in [5, 5.41) is 0.865. The summed E-state index contributed by atoms with van der Waals surface area (Å²) in [6.45, 7) is 1.55. The average Bonchev–Trinajstić information content (AvgIpc) is 2.96. The number of nitrogen functional groups attached to an aromatic ring is 1. The molecule has 4 rings (SSSR count). The molecule has 0 amide bonds. The predicted molar refractivity (Wildman–Crippen MR) is 93.3 cm³/mol. The Morgan fingerprint density at radius 1 is 1.17 bits per heavy atom. The summed E-state index contributed by atoms with van der Waals surface area (Å²) >= 11 is 0. The third-order valence-electron chi connectivity index (χ3n) is 4.56. The van der Waals surface area contributed by atoms with Crippen molar-refractivity contribution in [1.29, 1.82) is 0 Å². The lowest BCUT2D eigenvalue weighted by Gasteiger charge is -2.12. The molecule has 1 aromatic heterocycles. The number of pyridine rings is 1. The fourth-order valence-electron chi connectivity index (χ4n) is 3.35. The molecule has 2 N–H and O–H groups in total. The number of anilines is 1. The van der Waals surface area contributed by atoms with E-state index >= 15 is 0 Å². The van der Waals surface area contributed by atoms with Gasteiger partial charge < -0.3 is 10.5 Å². The summed E-state index contributed by atoms with van der Waals surface area (Å²) in [4.78, 5) is 6.98. The number of benzene rings is 2. The molecule has 24 heavy (non-hydrogen) atoms. The first-order valence-electron chi connectivity index (χ1n) is 7.81. The topological polar surface area (TPSA) is 51.4 Å².